The third-order valence-corrected chi connectivity index (χ3v) is 7.75. The molecule has 1 heterocycles. The Balaban J connectivity index is 1.40. The molecule has 0 amide bonds. The van der Waals surface area contributed by atoms with Gasteiger partial charge in [-0.2, -0.15) is 0 Å². The topological polar surface area (TPSA) is 86.4 Å². The molecule has 2 aromatic carbocycles. The minimum absolute atomic E-state index is 0.231. The molecule has 7 heteroatoms. The smallest absolute Gasteiger partial charge is 0.235 e. The molecule has 1 aromatic heterocycles. The third kappa shape index (κ3) is 3.74. The van der Waals surface area contributed by atoms with Crippen LogP contribution in [0.15, 0.2) is 42.5 Å². The van der Waals surface area contributed by atoms with Crippen LogP contribution in [-0.4, -0.2) is 24.3 Å². The summed E-state index contributed by atoms with van der Waals surface area (Å²) in [5.41, 5.74) is 11.2. The Morgan fingerprint density at radius 3 is 2.47 bits per heavy atom. The van der Waals surface area contributed by atoms with E-state index in [1.807, 2.05) is 36.4 Å². The van der Waals surface area contributed by atoms with Gasteiger partial charge in [0.05, 0.1) is 22.6 Å². The lowest BCUT2D eigenvalue weighted by molar-refractivity contribution is 0.303. The van der Waals surface area contributed by atoms with Crippen molar-refractivity contribution in [1.29, 1.82) is 0 Å². The van der Waals surface area contributed by atoms with Crippen LogP contribution in [0.4, 0.5) is 11.4 Å². The number of aromatic nitrogens is 1. The van der Waals surface area contributed by atoms with Crippen LogP contribution in [0.25, 0.3) is 10.9 Å². The number of nitrogens with two attached hydrogens (primary N) is 1. The summed E-state index contributed by atoms with van der Waals surface area (Å²) in [7, 11) is -3.24. The highest BCUT2D eigenvalue weighted by Gasteiger charge is 2.35. The highest BCUT2D eigenvalue weighted by Crippen LogP contribution is 2.35. The number of hydrogen-bond donors (Lipinski definition) is 2. The maximum absolute atomic E-state index is 12.1. The van der Waals surface area contributed by atoms with Gasteiger partial charge in [0.15, 0.2) is 0 Å². The van der Waals surface area contributed by atoms with Crippen molar-refractivity contribution < 1.29 is 13.2 Å². The van der Waals surface area contributed by atoms with Gasteiger partial charge in [-0.25, -0.2) is 8.42 Å². The first kappa shape index (κ1) is 19.3. The molecule has 2 saturated carbocycles. The van der Waals surface area contributed by atoms with E-state index in [2.05, 4.69) is 22.3 Å². The molecule has 0 bridgehead atoms. The maximum Gasteiger partial charge on any atom is 0.235 e. The van der Waals surface area contributed by atoms with Gasteiger partial charge in [-0.05, 0) is 62.4 Å². The molecule has 2 aliphatic rings. The second kappa shape index (κ2) is 7.23. The Labute approximate surface area is 177 Å². The Morgan fingerprint density at radius 2 is 1.83 bits per heavy atom. The fourth-order valence-corrected chi connectivity index (χ4v) is 5.31. The monoisotopic (exact) mass is 425 g/mol. The van der Waals surface area contributed by atoms with Gasteiger partial charge in [-0.3, -0.25) is 4.72 Å². The van der Waals surface area contributed by atoms with Crippen LogP contribution in [0.3, 0.4) is 0 Å². The average molecular weight is 426 g/mol. The molecular formula is C23H27N3O3S. The Morgan fingerprint density at radius 1 is 1.10 bits per heavy atom. The van der Waals surface area contributed by atoms with Gasteiger partial charge in [0, 0.05) is 35.8 Å². The second-order valence-electron chi connectivity index (χ2n) is 8.32. The summed E-state index contributed by atoms with van der Waals surface area (Å²) >= 11 is 0. The number of ether oxygens (including phenoxy) is 1. The van der Waals surface area contributed by atoms with Gasteiger partial charge < -0.3 is 15.0 Å². The van der Waals surface area contributed by atoms with E-state index in [4.69, 9.17) is 10.5 Å². The number of anilines is 2. The minimum atomic E-state index is -3.24. The predicted molar refractivity (Wildman–Crippen MR) is 120 cm³/mol. The van der Waals surface area contributed by atoms with Crippen molar-refractivity contribution in [2.75, 3.05) is 10.5 Å². The molecule has 0 atom stereocenters. The number of nitrogens with zero attached hydrogens (tertiary/aromatic N) is 1. The number of nitrogens with one attached hydrogen (secondary N) is 1. The van der Waals surface area contributed by atoms with Crippen molar-refractivity contribution in [2.24, 2.45) is 0 Å². The molecular weight excluding hydrogens is 398 g/mol. The van der Waals surface area contributed by atoms with Crippen LogP contribution in [-0.2, 0) is 23.0 Å². The first-order chi connectivity index (χ1) is 14.4. The van der Waals surface area contributed by atoms with Crippen molar-refractivity contribution in [3.8, 4) is 5.75 Å². The van der Waals surface area contributed by atoms with E-state index in [9.17, 15) is 8.42 Å². The molecule has 0 radical (unpaired) electrons. The molecule has 0 spiro atoms. The van der Waals surface area contributed by atoms with E-state index >= 15 is 0 Å². The maximum atomic E-state index is 12.1. The van der Waals surface area contributed by atoms with Crippen LogP contribution >= 0.6 is 0 Å². The van der Waals surface area contributed by atoms with Crippen molar-refractivity contribution >= 4 is 32.3 Å². The fourth-order valence-electron chi connectivity index (χ4n) is 3.92. The number of benzene rings is 2. The zero-order valence-corrected chi connectivity index (χ0v) is 17.9. The number of rotatable bonds is 8. The van der Waals surface area contributed by atoms with Crippen molar-refractivity contribution in [1.82, 2.24) is 4.57 Å². The predicted octanol–water partition coefficient (Wildman–Crippen LogP) is 4.28. The lowest BCUT2D eigenvalue weighted by atomic mass is 10.1. The Kier molecular flexibility index (Phi) is 4.65. The van der Waals surface area contributed by atoms with E-state index in [0.717, 1.165) is 65.8 Å². The fraction of sp³-hybridized carbons (Fsp3) is 0.391. The molecule has 30 heavy (non-hydrogen) atoms. The van der Waals surface area contributed by atoms with Gasteiger partial charge in [-0.1, -0.05) is 12.1 Å². The van der Waals surface area contributed by atoms with E-state index in [1.54, 1.807) is 0 Å². The van der Waals surface area contributed by atoms with E-state index < -0.39 is 10.0 Å². The zero-order chi connectivity index (χ0) is 20.9. The number of sulfonamides is 1. The molecule has 3 N–H and O–H groups in total. The molecule has 0 saturated heterocycles. The average Bonchev–Trinajstić information content (AvgIpc) is 3.62. The molecule has 6 nitrogen and oxygen atoms in total. The first-order valence-corrected chi connectivity index (χ1v) is 12.2. The van der Waals surface area contributed by atoms with Crippen molar-refractivity contribution in [2.45, 2.75) is 56.9 Å². The number of fused-ring (bicyclic) bond motifs is 1. The Bertz CT molecular complexity index is 1190. The molecule has 2 aliphatic carbocycles. The van der Waals surface area contributed by atoms with Crippen molar-refractivity contribution in [3.05, 3.63) is 53.7 Å². The number of nitrogen functional groups attached to an aromatic ring is 1. The molecule has 5 rings (SSSR count). The van der Waals surface area contributed by atoms with Gasteiger partial charge >= 0.3 is 0 Å². The highest BCUT2D eigenvalue weighted by molar-refractivity contribution is 7.93. The standard InChI is InChI=1S/C23H27N3O3S/c1-2-26-21-14-18(29-17-7-8-17)9-12-20(21)23(24)22(26)13-15-3-5-16(6-4-15)25-30(27,28)19-10-11-19/h3-6,9,12,14,17,19,25H,2,7-8,10-11,13,24H2,1H3. The summed E-state index contributed by atoms with van der Waals surface area (Å²) in [4.78, 5) is 0. The normalized spacial score (nSPS) is 16.7. The first-order valence-electron chi connectivity index (χ1n) is 10.6. The van der Waals surface area contributed by atoms with E-state index in [-0.39, 0.29) is 5.25 Å². The summed E-state index contributed by atoms with van der Waals surface area (Å²) in [5, 5.41) is 0.815. The Hall–Kier alpha value is -2.67. The van der Waals surface area contributed by atoms with Crippen LogP contribution in [0.5, 0.6) is 5.75 Å². The largest absolute Gasteiger partial charge is 0.490 e. The van der Waals surface area contributed by atoms with Gasteiger partial charge in [-0.15, -0.1) is 0 Å². The van der Waals surface area contributed by atoms with Crippen LogP contribution in [0, 0.1) is 0 Å². The zero-order valence-electron chi connectivity index (χ0n) is 17.1. The summed E-state index contributed by atoms with van der Waals surface area (Å²) in [6.07, 6.45) is 4.81. The summed E-state index contributed by atoms with van der Waals surface area (Å²) in [6, 6.07) is 13.7. The van der Waals surface area contributed by atoms with Crippen LogP contribution < -0.4 is 15.2 Å². The second-order valence-corrected chi connectivity index (χ2v) is 10.3. The number of hydrogen-bond acceptors (Lipinski definition) is 4. The quantitative estimate of drug-likeness (QED) is 0.564. The van der Waals surface area contributed by atoms with Gasteiger partial charge in [0.2, 0.25) is 10.0 Å². The molecule has 2 fully saturated rings. The van der Waals surface area contributed by atoms with E-state index in [1.165, 1.54) is 0 Å². The van der Waals surface area contributed by atoms with Crippen LogP contribution in [0.2, 0.25) is 0 Å². The minimum Gasteiger partial charge on any atom is -0.490 e. The van der Waals surface area contributed by atoms with Gasteiger partial charge in [0.25, 0.3) is 0 Å². The molecule has 0 unspecified atom stereocenters. The highest BCUT2D eigenvalue weighted by atomic mass is 32.2. The summed E-state index contributed by atoms with van der Waals surface area (Å²) < 4.78 is 35.1. The lowest BCUT2D eigenvalue weighted by Gasteiger charge is -2.11. The molecule has 3 aromatic rings. The summed E-state index contributed by atoms with van der Waals surface area (Å²) in [5.74, 6) is 0.899. The SMILES string of the molecule is CCn1c(Cc2ccc(NS(=O)(=O)C3CC3)cc2)c(N)c2ccc(OC3CC3)cc21. The third-order valence-electron chi connectivity index (χ3n) is 5.88. The summed E-state index contributed by atoms with van der Waals surface area (Å²) in [6.45, 7) is 2.93. The lowest BCUT2D eigenvalue weighted by Crippen LogP contribution is -2.17. The number of aryl methyl sites for hydroxylation is 1. The van der Waals surface area contributed by atoms with E-state index in [0.29, 0.717) is 18.2 Å². The van der Waals surface area contributed by atoms with Crippen molar-refractivity contribution in [3.63, 3.8) is 0 Å². The van der Waals surface area contributed by atoms with Gasteiger partial charge in [0.1, 0.15) is 5.75 Å². The van der Waals surface area contributed by atoms with Crippen LogP contribution in [0.1, 0.15) is 43.9 Å². The molecule has 0 aliphatic heterocycles. The molecule has 158 valence electrons.